The number of amides is 2. The fourth-order valence-corrected chi connectivity index (χ4v) is 1.71. The van der Waals surface area contributed by atoms with Crippen molar-refractivity contribution < 1.29 is 14.7 Å². The van der Waals surface area contributed by atoms with Gasteiger partial charge in [0.15, 0.2) is 0 Å². The average Bonchev–Trinajstić information content (AvgIpc) is 2.45. The first kappa shape index (κ1) is 17.1. The van der Waals surface area contributed by atoms with E-state index in [0.717, 1.165) is 0 Å². The molecule has 0 saturated heterocycles. The highest BCUT2D eigenvalue weighted by Gasteiger charge is 2.24. The molecule has 0 fully saturated rings. The van der Waals surface area contributed by atoms with Crippen LogP contribution in [0.3, 0.4) is 0 Å². The van der Waals surface area contributed by atoms with Gasteiger partial charge in [-0.25, -0.2) is 0 Å². The molecule has 0 heterocycles. The Morgan fingerprint density at radius 3 is 2.29 bits per heavy atom. The molecule has 6 heteroatoms. The van der Waals surface area contributed by atoms with Crippen molar-refractivity contribution in [2.45, 2.75) is 12.5 Å². The van der Waals surface area contributed by atoms with E-state index in [4.69, 9.17) is 0 Å². The number of carbonyl (C=O) groups is 2. The maximum absolute atomic E-state index is 11.6. The quantitative estimate of drug-likeness (QED) is 0.628. The summed E-state index contributed by atoms with van der Waals surface area (Å²) >= 11 is 0. The first-order chi connectivity index (χ1) is 9.83. The summed E-state index contributed by atoms with van der Waals surface area (Å²) in [7, 11) is 3.76. The van der Waals surface area contributed by atoms with Crippen LogP contribution in [0.5, 0.6) is 0 Å². The fraction of sp³-hybridized carbons (Fsp3) is 0.467. The van der Waals surface area contributed by atoms with E-state index in [0.29, 0.717) is 18.7 Å². The Kier molecular flexibility index (Phi) is 6.33. The van der Waals surface area contributed by atoms with Gasteiger partial charge < -0.3 is 20.6 Å². The molecule has 0 bridgehead atoms. The van der Waals surface area contributed by atoms with E-state index in [2.05, 4.69) is 10.6 Å². The van der Waals surface area contributed by atoms with E-state index in [-0.39, 0.29) is 6.54 Å². The minimum atomic E-state index is -1.22. The van der Waals surface area contributed by atoms with E-state index in [1.165, 1.54) is 0 Å². The molecule has 116 valence electrons. The molecule has 3 N–H and O–H groups in total. The molecule has 0 saturated carbocycles. The molecule has 0 aliphatic rings. The summed E-state index contributed by atoms with van der Waals surface area (Å²) in [6.45, 7) is 2.61. The lowest BCUT2D eigenvalue weighted by Crippen LogP contribution is -2.46. The van der Waals surface area contributed by atoms with Crippen molar-refractivity contribution in [2.24, 2.45) is 0 Å². The van der Waals surface area contributed by atoms with Gasteiger partial charge in [-0.2, -0.15) is 0 Å². The zero-order chi connectivity index (χ0) is 15.9. The Balaban J connectivity index is 2.43. The van der Waals surface area contributed by atoms with Crippen molar-refractivity contribution in [2.75, 3.05) is 33.7 Å². The van der Waals surface area contributed by atoms with Crippen LogP contribution in [0.4, 0.5) is 0 Å². The number of nitrogens with zero attached hydrogens (tertiary/aromatic N) is 1. The molecule has 0 spiro atoms. The summed E-state index contributed by atoms with van der Waals surface area (Å²) in [5.41, 5.74) is -0.542. The van der Waals surface area contributed by atoms with Gasteiger partial charge in [-0.05, 0) is 26.6 Å². The maximum Gasteiger partial charge on any atom is 0.309 e. The second kappa shape index (κ2) is 7.75. The molecule has 6 nitrogen and oxygen atoms in total. The number of rotatable bonds is 6. The summed E-state index contributed by atoms with van der Waals surface area (Å²) in [5, 5.41) is 15.3. The first-order valence-corrected chi connectivity index (χ1v) is 6.81. The third kappa shape index (κ3) is 5.93. The van der Waals surface area contributed by atoms with Crippen LogP contribution in [0.15, 0.2) is 30.3 Å². The monoisotopic (exact) mass is 293 g/mol. The van der Waals surface area contributed by atoms with Crippen molar-refractivity contribution in [1.29, 1.82) is 0 Å². The molecular weight excluding hydrogens is 270 g/mol. The van der Waals surface area contributed by atoms with E-state index in [9.17, 15) is 14.7 Å². The van der Waals surface area contributed by atoms with Crippen LogP contribution in [0.2, 0.25) is 0 Å². The molecule has 0 aliphatic heterocycles. The maximum atomic E-state index is 11.6. The predicted octanol–water partition coefficient (Wildman–Crippen LogP) is -0.312. The van der Waals surface area contributed by atoms with E-state index in [1.807, 2.05) is 25.1 Å². The van der Waals surface area contributed by atoms with E-state index >= 15 is 0 Å². The zero-order valence-corrected chi connectivity index (χ0v) is 12.7. The van der Waals surface area contributed by atoms with Crippen molar-refractivity contribution in [1.82, 2.24) is 15.5 Å². The smallest absolute Gasteiger partial charge is 0.309 e. The van der Waals surface area contributed by atoms with Crippen LogP contribution in [0.25, 0.3) is 0 Å². The van der Waals surface area contributed by atoms with Crippen molar-refractivity contribution in [3.05, 3.63) is 35.9 Å². The van der Waals surface area contributed by atoms with Gasteiger partial charge in [0.1, 0.15) is 5.60 Å². The topological polar surface area (TPSA) is 81.7 Å². The number of benzene rings is 1. The number of likely N-dealkylation sites (N-methyl/N-ethyl adjacent to an activating group) is 1. The first-order valence-electron chi connectivity index (χ1n) is 6.81. The number of hydrogen-bond acceptors (Lipinski definition) is 4. The minimum Gasteiger partial charge on any atom is -0.384 e. The summed E-state index contributed by atoms with van der Waals surface area (Å²) in [6.07, 6.45) is 0. The summed E-state index contributed by atoms with van der Waals surface area (Å²) in [4.78, 5) is 25.1. The van der Waals surface area contributed by atoms with Crippen LogP contribution in [0.1, 0.15) is 12.5 Å². The summed E-state index contributed by atoms with van der Waals surface area (Å²) < 4.78 is 0. The van der Waals surface area contributed by atoms with Gasteiger partial charge >= 0.3 is 11.8 Å². The Morgan fingerprint density at radius 2 is 1.71 bits per heavy atom. The summed E-state index contributed by atoms with van der Waals surface area (Å²) in [5.74, 6) is -1.44. The predicted molar refractivity (Wildman–Crippen MR) is 80.6 cm³/mol. The molecule has 0 radical (unpaired) electrons. The van der Waals surface area contributed by atoms with Gasteiger partial charge in [-0.1, -0.05) is 30.3 Å². The van der Waals surface area contributed by atoms with Gasteiger partial charge in [0.05, 0.1) is 6.54 Å². The highest BCUT2D eigenvalue weighted by atomic mass is 16.3. The fourth-order valence-electron chi connectivity index (χ4n) is 1.71. The largest absolute Gasteiger partial charge is 0.384 e. The van der Waals surface area contributed by atoms with Crippen molar-refractivity contribution in [3.8, 4) is 0 Å². The second-order valence-electron chi connectivity index (χ2n) is 5.38. The average molecular weight is 293 g/mol. The Labute approximate surface area is 125 Å². The molecular formula is C15H23N3O3. The molecule has 0 aromatic heterocycles. The third-order valence-electron chi connectivity index (χ3n) is 3.04. The number of nitrogens with one attached hydrogen (secondary N) is 2. The Hall–Kier alpha value is -1.92. The molecule has 0 aliphatic carbocycles. The highest BCUT2D eigenvalue weighted by Crippen LogP contribution is 2.18. The lowest BCUT2D eigenvalue weighted by atomic mass is 9.96. The van der Waals surface area contributed by atoms with Gasteiger partial charge in [0.2, 0.25) is 0 Å². The standard InChI is InChI=1S/C15H23N3O3/c1-15(21,12-7-5-4-6-8-12)11-17-14(20)13(19)16-9-10-18(2)3/h4-8,21H,9-11H2,1-3H3,(H,16,19)(H,17,20). The highest BCUT2D eigenvalue weighted by molar-refractivity contribution is 6.35. The van der Waals surface area contributed by atoms with E-state index in [1.54, 1.807) is 31.2 Å². The van der Waals surface area contributed by atoms with Gasteiger partial charge in [-0.3, -0.25) is 9.59 Å². The van der Waals surface area contributed by atoms with Crippen LogP contribution in [0, 0.1) is 0 Å². The van der Waals surface area contributed by atoms with Crippen LogP contribution < -0.4 is 10.6 Å². The summed E-state index contributed by atoms with van der Waals surface area (Å²) in [6, 6.07) is 8.99. The van der Waals surface area contributed by atoms with Gasteiger partial charge in [0.25, 0.3) is 0 Å². The Morgan fingerprint density at radius 1 is 1.14 bits per heavy atom. The molecule has 2 amide bonds. The van der Waals surface area contributed by atoms with Crippen LogP contribution in [-0.4, -0.2) is 55.6 Å². The van der Waals surface area contributed by atoms with E-state index < -0.39 is 17.4 Å². The van der Waals surface area contributed by atoms with Crippen molar-refractivity contribution >= 4 is 11.8 Å². The number of carbonyl (C=O) groups excluding carboxylic acids is 2. The normalized spacial score (nSPS) is 13.6. The lowest BCUT2D eigenvalue weighted by Gasteiger charge is -2.24. The molecule has 1 unspecified atom stereocenters. The number of aliphatic hydroxyl groups is 1. The molecule has 1 atom stereocenters. The molecule has 1 aromatic carbocycles. The third-order valence-corrected chi connectivity index (χ3v) is 3.04. The van der Waals surface area contributed by atoms with Gasteiger partial charge in [-0.15, -0.1) is 0 Å². The second-order valence-corrected chi connectivity index (χ2v) is 5.38. The minimum absolute atomic E-state index is 0.0308. The Bertz CT molecular complexity index is 472. The van der Waals surface area contributed by atoms with Gasteiger partial charge in [0, 0.05) is 13.1 Å². The number of hydrogen-bond donors (Lipinski definition) is 3. The van der Waals surface area contributed by atoms with Crippen LogP contribution >= 0.6 is 0 Å². The van der Waals surface area contributed by atoms with Crippen molar-refractivity contribution in [3.63, 3.8) is 0 Å². The van der Waals surface area contributed by atoms with Crippen LogP contribution in [-0.2, 0) is 15.2 Å². The SMILES string of the molecule is CN(C)CCNC(=O)C(=O)NCC(C)(O)c1ccccc1. The lowest BCUT2D eigenvalue weighted by molar-refractivity contribution is -0.139. The molecule has 1 aromatic rings. The molecule has 21 heavy (non-hydrogen) atoms. The molecule has 1 rings (SSSR count). The zero-order valence-electron chi connectivity index (χ0n) is 12.7.